The van der Waals surface area contributed by atoms with Crippen LogP contribution >= 0.6 is 0 Å². The lowest BCUT2D eigenvalue weighted by molar-refractivity contribution is -0.142. The third-order valence-corrected chi connectivity index (χ3v) is 2.54. The predicted octanol–water partition coefficient (Wildman–Crippen LogP) is 2.61. The molecule has 0 amide bonds. The number of rotatable bonds is 9. The highest BCUT2D eigenvalue weighted by molar-refractivity contribution is 5.95. The van der Waals surface area contributed by atoms with Crippen LogP contribution in [0.5, 0.6) is 0 Å². The van der Waals surface area contributed by atoms with E-state index in [1.807, 2.05) is 4.90 Å². The summed E-state index contributed by atoms with van der Waals surface area (Å²) < 4.78 is 9.98. The first kappa shape index (κ1) is 19.5. The normalized spacial score (nSPS) is 11.7. The van der Waals surface area contributed by atoms with E-state index in [4.69, 9.17) is 9.47 Å². The largest absolute Gasteiger partial charge is 0.463 e. The van der Waals surface area contributed by atoms with Crippen molar-refractivity contribution in [3.63, 3.8) is 0 Å². The standard InChI is InChI=1S/C16H29NO4/c1-7-20-15(18)9-14(16(19)21-8-2)17(10-12(3)4)11-13(5)6/h9,12-13H,7-8,10-11H2,1-6H3/b14-9+. The molecular weight excluding hydrogens is 270 g/mol. The summed E-state index contributed by atoms with van der Waals surface area (Å²) in [6.07, 6.45) is 1.24. The summed E-state index contributed by atoms with van der Waals surface area (Å²) in [4.78, 5) is 25.8. The van der Waals surface area contributed by atoms with Crippen LogP contribution in [0.1, 0.15) is 41.5 Å². The summed E-state index contributed by atoms with van der Waals surface area (Å²) in [6, 6.07) is 0. The third kappa shape index (κ3) is 8.38. The predicted molar refractivity (Wildman–Crippen MR) is 82.6 cm³/mol. The maximum atomic E-state index is 12.1. The lowest BCUT2D eigenvalue weighted by Gasteiger charge is -2.29. The summed E-state index contributed by atoms with van der Waals surface area (Å²) in [5, 5.41) is 0. The van der Waals surface area contributed by atoms with E-state index in [0.29, 0.717) is 24.9 Å². The van der Waals surface area contributed by atoms with Crippen LogP contribution in [0.3, 0.4) is 0 Å². The van der Waals surface area contributed by atoms with Gasteiger partial charge in [-0.15, -0.1) is 0 Å². The molecule has 0 aliphatic carbocycles. The molecule has 0 aromatic rings. The first-order chi connectivity index (χ1) is 9.81. The summed E-state index contributed by atoms with van der Waals surface area (Å²) >= 11 is 0. The molecule has 5 heteroatoms. The van der Waals surface area contributed by atoms with Gasteiger partial charge < -0.3 is 14.4 Å². The highest BCUT2D eigenvalue weighted by Gasteiger charge is 2.22. The number of esters is 2. The molecule has 0 fully saturated rings. The summed E-state index contributed by atoms with van der Waals surface area (Å²) in [5.41, 5.74) is 0.276. The second kappa shape index (κ2) is 10.2. The second-order valence-electron chi connectivity index (χ2n) is 5.69. The van der Waals surface area contributed by atoms with Crippen LogP contribution in [0.4, 0.5) is 0 Å². The van der Waals surface area contributed by atoms with Crippen LogP contribution in [-0.2, 0) is 19.1 Å². The Balaban J connectivity index is 5.35. The Hall–Kier alpha value is -1.52. The van der Waals surface area contributed by atoms with E-state index in [1.54, 1.807) is 13.8 Å². The number of carbonyl (C=O) groups excluding carboxylic acids is 2. The third-order valence-electron chi connectivity index (χ3n) is 2.54. The zero-order valence-corrected chi connectivity index (χ0v) is 14.1. The number of ether oxygens (including phenoxy) is 2. The van der Waals surface area contributed by atoms with Crippen LogP contribution in [0, 0.1) is 11.8 Å². The van der Waals surface area contributed by atoms with Crippen LogP contribution < -0.4 is 0 Å². The minimum Gasteiger partial charge on any atom is -0.463 e. The van der Waals surface area contributed by atoms with Crippen LogP contribution in [0.2, 0.25) is 0 Å². The van der Waals surface area contributed by atoms with Gasteiger partial charge in [0.15, 0.2) is 0 Å². The Labute approximate surface area is 128 Å². The average Bonchev–Trinajstić information content (AvgIpc) is 2.34. The molecule has 5 nitrogen and oxygen atoms in total. The molecule has 0 spiro atoms. The molecule has 0 radical (unpaired) electrons. The van der Waals surface area contributed by atoms with Gasteiger partial charge in [-0.1, -0.05) is 27.7 Å². The highest BCUT2D eigenvalue weighted by Crippen LogP contribution is 2.14. The van der Waals surface area contributed by atoms with Gasteiger partial charge in [-0.25, -0.2) is 9.59 Å². The van der Waals surface area contributed by atoms with E-state index >= 15 is 0 Å². The molecular formula is C16H29NO4. The maximum Gasteiger partial charge on any atom is 0.354 e. The molecule has 0 bridgehead atoms. The van der Waals surface area contributed by atoms with Gasteiger partial charge in [0.2, 0.25) is 0 Å². The number of nitrogens with zero attached hydrogens (tertiary/aromatic N) is 1. The van der Waals surface area contributed by atoms with Gasteiger partial charge >= 0.3 is 11.9 Å². The van der Waals surface area contributed by atoms with Gasteiger partial charge in [0.25, 0.3) is 0 Å². The Morgan fingerprint density at radius 1 is 0.952 bits per heavy atom. The molecule has 0 N–H and O–H groups in total. The van der Waals surface area contributed by atoms with E-state index in [2.05, 4.69) is 27.7 Å². The molecule has 0 atom stereocenters. The van der Waals surface area contributed by atoms with Crippen LogP contribution in [0.25, 0.3) is 0 Å². The molecule has 0 rings (SSSR count). The fraction of sp³-hybridized carbons (Fsp3) is 0.750. The summed E-state index contributed by atoms with van der Waals surface area (Å²) in [7, 11) is 0. The maximum absolute atomic E-state index is 12.1. The van der Waals surface area contributed by atoms with E-state index < -0.39 is 11.9 Å². The number of carbonyl (C=O) groups is 2. The summed E-state index contributed by atoms with van der Waals surface area (Å²) in [6.45, 7) is 13.7. The molecule has 0 aliphatic heterocycles. The van der Waals surface area contributed by atoms with E-state index in [0.717, 1.165) is 0 Å². The first-order valence-corrected chi connectivity index (χ1v) is 7.62. The molecule has 0 aromatic carbocycles. The van der Waals surface area contributed by atoms with Crippen molar-refractivity contribution in [3.8, 4) is 0 Å². The van der Waals surface area contributed by atoms with Gasteiger partial charge in [-0.05, 0) is 25.7 Å². The first-order valence-electron chi connectivity index (χ1n) is 7.62. The average molecular weight is 299 g/mol. The van der Waals surface area contributed by atoms with Crippen molar-refractivity contribution in [1.82, 2.24) is 4.90 Å². The Bertz CT molecular complexity index is 351. The van der Waals surface area contributed by atoms with Gasteiger partial charge in [-0.3, -0.25) is 0 Å². The molecule has 21 heavy (non-hydrogen) atoms. The van der Waals surface area contributed by atoms with E-state index in [-0.39, 0.29) is 18.9 Å². The van der Waals surface area contributed by atoms with Crippen molar-refractivity contribution in [1.29, 1.82) is 0 Å². The van der Waals surface area contributed by atoms with E-state index in [9.17, 15) is 9.59 Å². The zero-order chi connectivity index (χ0) is 16.4. The molecule has 122 valence electrons. The minimum absolute atomic E-state index is 0.274. The van der Waals surface area contributed by atoms with Gasteiger partial charge in [0.1, 0.15) is 5.70 Å². The number of hydrogen-bond donors (Lipinski definition) is 0. The lowest BCUT2D eigenvalue weighted by Crippen LogP contribution is -2.35. The topological polar surface area (TPSA) is 55.8 Å². The van der Waals surface area contributed by atoms with Crippen molar-refractivity contribution >= 4 is 11.9 Å². The molecule has 0 heterocycles. The number of hydrogen-bond acceptors (Lipinski definition) is 5. The van der Waals surface area contributed by atoms with Gasteiger partial charge in [-0.2, -0.15) is 0 Å². The summed E-state index contributed by atoms with van der Waals surface area (Å²) in [5.74, 6) is -0.266. The Kier molecular flexibility index (Phi) is 9.50. The van der Waals surface area contributed by atoms with Crippen molar-refractivity contribution in [2.75, 3.05) is 26.3 Å². The SMILES string of the molecule is CCOC(=O)/C=C(\C(=O)OCC)N(CC(C)C)CC(C)C. The van der Waals surface area contributed by atoms with Crippen LogP contribution in [0.15, 0.2) is 11.8 Å². The smallest absolute Gasteiger partial charge is 0.354 e. The van der Waals surface area contributed by atoms with Crippen molar-refractivity contribution in [2.45, 2.75) is 41.5 Å². The monoisotopic (exact) mass is 299 g/mol. The Morgan fingerprint density at radius 3 is 1.81 bits per heavy atom. The molecule has 0 aromatic heterocycles. The fourth-order valence-electron chi connectivity index (χ4n) is 1.93. The van der Waals surface area contributed by atoms with E-state index in [1.165, 1.54) is 6.08 Å². The minimum atomic E-state index is -0.516. The Morgan fingerprint density at radius 2 is 1.43 bits per heavy atom. The van der Waals surface area contributed by atoms with Gasteiger partial charge in [0, 0.05) is 13.1 Å². The van der Waals surface area contributed by atoms with Crippen LogP contribution in [-0.4, -0.2) is 43.1 Å². The fourth-order valence-corrected chi connectivity index (χ4v) is 1.93. The molecule has 0 saturated heterocycles. The molecule has 0 unspecified atom stereocenters. The van der Waals surface area contributed by atoms with Crippen molar-refractivity contribution < 1.29 is 19.1 Å². The molecule has 0 aliphatic rings. The highest BCUT2D eigenvalue weighted by atomic mass is 16.5. The van der Waals surface area contributed by atoms with Gasteiger partial charge in [0.05, 0.1) is 19.3 Å². The zero-order valence-electron chi connectivity index (χ0n) is 14.1. The lowest BCUT2D eigenvalue weighted by atomic mass is 10.1. The second-order valence-corrected chi connectivity index (χ2v) is 5.69. The van der Waals surface area contributed by atoms with Crippen molar-refractivity contribution in [2.24, 2.45) is 11.8 Å². The van der Waals surface area contributed by atoms with Crippen molar-refractivity contribution in [3.05, 3.63) is 11.8 Å². The quantitative estimate of drug-likeness (QED) is 0.484. The molecule has 0 saturated carbocycles.